The molecule has 0 bridgehead atoms. The number of hydrogen-bond donors (Lipinski definition) is 1. The number of rotatable bonds is 5. The molecular formula is C24H36FIN6O. The Balaban J connectivity index is 0.00000385. The van der Waals surface area contributed by atoms with Gasteiger partial charge in [-0.05, 0) is 37.3 Å². The number of piperazine rings is 1. The van der Waals surface area contributed by atoms with Crippen LogP contribution in [0.5, 0.6) is 0 Å². The highest BCUT2D eigenvalue weighted by molar-refractivity contribution is 14.0. The molecule has 2 heterocycles. The topological polar surface area (TPSA) is 75.0 Å². The molecule has 182 valence electrons. The van der Waals surface area contributed by atoms with E-state index in [1.54, 1.807) is 12.1 Å². The van der Waals surface area contributed by atoms with Gasteiger partial charge in [0, 0.05) is 51.4 Å². The van der Waals surface area contributed by atoms with E-state index in [0.717, 1.165) is 51.8 Å². The number of guanidine groups is 1. The summed E-state index contributed by atoms with van der Waals surface area (Å²) in [5, 5.41) is 12.2. The van der Waals surface area contributed by atoms with Crippen molar-refractivity contribution in [2.45, 2.75) is 33.7 Å². The van der Waals surface area contributed by atoms with Crippen LogP contribution >= 0.6 is 24.0 Å². The highest BCUT2D eigenvalue weighted by Crippen LogP contribution is 2.21. The van der Waals surface area contributed by atoms with Crippen molar-refractivity contribution < 1.29 is 9.18 Å². The molecule has 0 aromatic heterocycles. The smallest absolute Gasteiger partial charge is 0.236 e. The van der Waals surface area contributed by atoms with Gasteiger partial charge in [-0.15, -0.1) is 24.0 Å². The highest BCUT2D eigenvalue weighted by Gasteiger charge is 2.28. The summed E-state index contributed by atoms with van der Waals surface area (Å²) < 4.78 is 14.2. The van der Waals surface area contributed by atoms with E-state index in [9.17, 15) is 9.18 Å². The number of nitriles is 1. The van der Waals surface area contributed by atoms with Crippen LogP contribution < -0.4 is 5.32 Å². The van der Waals surface area contributed by atoms with Gasteiger partial charge in [0.25, 0.3) is 0 Å². The second kappa shape index (κ2) is 13.1. The molecule has 0 saturated carbocycles. The lowest BCUT2D eigenvalue weighted by molar-refractivity contribution is -0.135. The second-order valence-electron chi connectivity index (χ2n) is 9.10. The lowest BCUT2D eigenvalue weighted by Gasteiger charge is -2.39. The Labute approximate surface area is 214 Å². The van der Waals surface area contributed by atoms with E-state index < -0.39 is 5.82 Å². The average molecular weight is 570 g/mol. The minimum absolute atomic E-state index is 0. The van der Waals surface area contributed by atoms with Crippen LogP contribution in [-0.4, -0.2) is 78.9 Å². The summed E-state index contributed by atoms with van der Waals surface area (Å²) in [4.78, 5) is 23.8. The predicted molar refractivity (Wildman–Crippen MR) is 139 cm³/mol. The number of benzene rings is 1. The van der Waals surface area contributed by atoms with E-state index in [0.29, 0.717) is 29.5 Å². The van der Waals surface area contributed by atoms with Crippen molar-refractivity contribution in [1.82, 2.24) is 20.0 Å². The molecule has 33 heavy (non-hydrogen) atoms. The zero-order valence-electron chi connectivity index (χ0n) is 19.9. The molecule has 0 aliphatic carbocycles. The molecule has 0 radical (unpaired) electrons. The molecule has 1 N–H and O–H groups in total. The van der Waals surface area contributed by atoms with Crippen molar-refractivity contribution in [3.8, 4) is 6.07 Å². The number of nitrogens with one attached hydrogen (secondary N) is 1. The number of nitrogens with zero attached hydrogens (tertiary/aromatic N) is 5. The van der Waals surface area contributed by atoms with E-state index >= 15 is 0 Å². The molecule has 2 saturated heterocycles. The first-order chi connectivity index (χ1) is 15.4. The summed E-state index contributed by atoms with van der Waals surface area (Å²) in [6, 6.07) is 6.42. The summed E-state index contributed by atoms with van der Waals surface area (Å²) in [5.41, 5.74) is 0.773. The van der Waals surface area contributed by atoms with Crippen LogP contribution in [0.3, 0.4) is 0 Å². The second-order valence-corrected chi connectivity index (χ2v) is 9.10. The third kappa shape index (κ3) is 7.81. The van der Waals surface area contributed by atoms with Gasteiger partial charge in [0.1, 0.15) is 5.82 Å². The summed E-state index contributed by atoms with van der Waals surface area (Å²) >= 11 is 0. The zero-order chi connectivity index (χ0) is 23.1. The first-order valence-corrected chi connectivity index (χ1v) is 11.6. The third-order valence-corrected chi connectivity index (χ3v) is 6.17. The molecule has 1 amide bonds. The molecular weight excluding hydrogens is 534 g/mol. The fraction of sp³-hybridized carbons (Fsp3) is 0.625. The van der Waals surface area contributed by atoms with Gasteiger partial charge < -0.3 is 15.1 Å². The molecule has 0 spiro atoms. The van der Waals surface area contributed by atoms with Crippen LogP contribution in [0.1, 0.15) is 38.3 Å². The number of aliphatic imine (C=N–C) groups is 1. The molecule has 3 rings (SSSR count). The zero-order valence-corrected chi connectivity index (χ0v) is 22.2. The van der Waals surface area contributed by atoms with Crippen LogP contribution in [-0.2, 0) is 11.3 Å². The van der Waals surface area contributed by atoms with Gasteiger partial charge >= 0.3 is 0 Å². The minimum atomic E-state index is -0.409. The van der Waals surface area contributed by atoms with Crippen LogP contribution in [0.15, 0.2) is 23.2 Å². The van der Waals surface area contributed by atoms with Crippen molar-refractivity contribution >= 4 is 35.8 Å². The van der Waals surface area contributed by atoms with E-state index in [1.165, 1.54) is 12.5 Å². The van der Waals surface area contributed by atoms with Gasteiger partial charge in [0.2, 0.25) is 5.91 Å². The van der Waals surface area contributed by atoms with Crippen molar-refractivity contribution in [1.29, 1.82) is 5.26 Å². The molecule has 9 heteroatoms. The van der Waals surface area contributed by atoms with E-state index in [2.05, 4.69) is 34.0 Å². The Morgan fingerprint density at radius 2 is 1.85 bits per heavy atom. The monoisotopic (exact) mass is 570 g/mol. The number of hydrogen-bond acceptors (Lipinski definition) is 4. The van der Waals surface area contributed by atoms with Crippen molar-refractivity contribution in [3.63, 3.8) is 0 Å². The lowest BCUT2D eigenvalue weighted by Crippen LogP contribution is -2.55. The van der Waals surface area contributed by atoms with Gasteiger partial charge in [-0.3, -0.25) is 9.69 Å². The molecule has 2 atom stereocenters. The van der Waals surface area contributed by atoms with Gasteiger partial charge in [0.15, 0.2) is 5.96 Å². The lowest BCUT2D eigenvalue weighted by atomic mass is 9.92. The molecule has 2 fully saturated rings. The maximum Gasteiger partial charge on any atom is 0.236 e. The van der Waals surface area contributed by atoms with E-state index in [4.69, 9.17) is 5.26 Å². The van der Waals surface area contributed by atoms with E-state index in [1.807, 2.05) is 17.9 Å². The number of likely N-dealkylation sites (tertiary alicyclic amines) is 1. The molecule has 2 aliphatic heterocycles. The Kier molecular flexibility index (Phi) is 10.8. The summed E-state index contributed by atoms with van der Waals surface area (Å²) in [6.07, 6.45) is 1.20. The van der Waals surface area contributed by atoms with Crippen LogP contribution in [0.25, 0.3) is 0 Å². The fourth-order valence-corrected chi connectivity index (χ4v) is 4.61. The average Bonchev–Trinajstić information content (AvgIpc) is 2.77. The Morgan fingerprint density at radius 3 is 2.42 bits per heavy atom. The van der Waals surface area contributed by atoms with Crippen molar-refractivity contribution in [2.24, 2.45) is 16.8 Å². The molecule has 7 nitrogen and oxygen atoms in total. The minimum Gasteiger partial charge on any atom is -0.357 e. The van der Waals surface area contributed by atoms with Gasteiger partial charge in [-0.1, -0.05) is 19.9 Å². The number of carbonyl (C=O) groups is 1. The first-order valence-electron chi connectivity index (χ1n) is 11.6. The van der Waals surface area contributed by atoms with E-state index in [-0.39, 0.29) is 36.4 Å². The van der Waals surface area contributed by atoms with Crippen LogP contribution in [0.2, 0.25) is 0 Å². The quantitative estimate of drug-likeness (QED) is 0.335. The summed E-state index contributed by atoms with van der Waals surface area (Å²) in [7, 11) is 0. The number of halogens is 2. The largest absolute Gasteiger partial charge is 0.357 e. The van der Waals surface area contributed by atoms with Crippen molar-refractivity contribution in [3.05, 3.63) is 35.1 Å². The SMILES string of the molecule is CCNC(=NCc1ccc(C#N)cc1F)N1CCN(CC(=O)N2CC(C)CC(C)C2)CC1.I. The van der Waals surface area contributed by atoms with Gasteiger partial charge in [-0.25, -0.2) is 9.38 Å². The first kappa shape index (κ1) is 27.3. The fourth-order valence-electron chi connectivity index (χ4n) is 4.61. The molecule has 2 unspecified atom stereocenters. The van der Waals surface area contributed by atoms with Crippen LogP contribution in [0, 0.1) is 29.0 Å². The maximum atomic E-state index is 14.2. The maximum absolute atomic E-state index is 14.2. The Morgan fingerprint density at radius 1 is 1.18 bits per heavy atom. The summed E-state index contributed by atoms with van der Waals surface area (Å²) in [5.74, 6) is 1.71. The predicted octanol–water partition coefficient (Wildman–Crippen LogP) is 2.90. The molecule has 1 aromatic carbocycles. The van der Waals surface area contributed by atoms with Gasteiger partial charge in [-0.2, -0.15) is 5.26 Å². The third-order valence-electron chi connectivity index (χ3n) is 6.17. The van der Waals surface area contributed by atoms with Crippen LogP contribution in [0.4, 0.5) is 4.39 Å². The molecule has 2 aliphatic rings. The number of carbonyl (C=O) groups excluding carboxylic acids is 1. The highest BCUT2D eigenvalue weighted by atomic mass is 127. The Bertz CT molecular complexity index is 855. The Hall–Kier alpha value is -1.93. The van der Waals surface area contributed by atoms with Gasteiger partial charge in [0.05, 0.1) is 24.7 Å². The standard InChI is InChI=1S/C24H35FN6O.HI/c1-4-27-24(28-14-21-6-5-20(13-26)12-22(21)25)30-9-7-29(8-10-30)17-23(32)31-15-18(2)11-19(3)16-31;/h5-6,12,18-19H,4,7-11,14-17H2,1-3H3,(H,27,28);1H. The van der Waals surface area contributed by atoms with Crippen molar-refractivity contribution in [2.75, 3.05) is 52.4 Å². The summed E-state index contributed by atoms with van der Waals surface area (Å²) in [6.45, 7) is 12.7. The number of amides is 1. The molecule has 1 aromatic rings. The number of piperidine rings is 1. The normalized spacial score (nSPS) is 21.8.